The number of amides is 2. The van der Waals surface area contributed by atoms with Crippen LogP contribution in [0, 0.1) is 0 Å². The van der Waals surface area contributed by atoms with E-state index in [9.17, 15) is 9.59 Å². The average molecular weight is 484 g/mol. The fraction of sp³-hybridized carbons (Fsp3) is 0.320. The van der Waals surface area contributed by atoms with Gasteiger partial charge in [-0.05, 0) is 37.1 Å². The van der Waals surface area contributed by atoms with Gasteiger partial charge < -0.3 is 19.9 Å². The Balaban J connectivity index is 1.63. The van der Waals surface area contributed by atoms with Crippen LogP contribution in [0.1, 0.15) is 42.1 Å². The van der Waals surface area contributed by atoms with E-state index in [1.807, 2.05) is 12.1 Å². The third-order valence-corrected chi connectivity index (χ3v) is 6.02. The number of hydrazone groups is 1. The monoisotopic (exact) mass is 483 g/mol. The molecule has 0 aliphatic rings. The normalized spacial score (nSPS) is 11.3. The summed E-state index contributed by atoms with van der Waals surface area (Å²) in [5, 5.41) is 19.1. The minimum absolute atomic E-state index is 0.115. The first-order chi connectivity index (χ1) is 16.6. The van der Waals surface area contributed by atoms with Gasteiger partial charge in [0.05, 0.1) is 26.0 Å². The molecule has 0 atom stereocenters. The number of unbranched alkanes of at least 4 members (excludes halogenated alkanes) is 1. The third-order valence-electron chi connectivity index (χ3n) is 5.06. The van der Waals surface area contributed by atoms with Crippen molar-refractivity contribution < 1.29 is 24.2 Å². The number of hydrogen-bond acceptors (Lipinski definition) is 7. The summed E-state index contributed by atoms with van der Waals surface area (Å²) in [5.41, 5.74) is 4.74. The van der Waals surface area contributed by atoms with E-state index in [-0.39, 0.29) is 19.8 Å². The van der Waals surface area contributed by atoms with E-state index in [0.717, 1.165) is 35.9 Å². The molecule has 0 aliphatic carbocycles. The minimum Gasteiger partial charge on any atom is -0.493 e. The molecule has 1 aromatic heterocycles. The molecule has 0 saturated carbocycles. The summed E-state index contributed by atoms with van der Waals surface area (Å²) in [6.45, 7) is 1.87. The summed E-state index contributed by atoms with van der Waals surface area (Å²) < 4.78 is 11.8. The molecule has 2 amide bonds. The smallest absolute Gasteiger partial charge is 0.259 e. The van der Waals surface area contributed by atoms with Gasteiger partial charge in [0.1, 0.15) is 6.61 Å². The van der Waals surface area contributed by atoms with E-state index in [4.69, 9.17) is 14.6 Å². The van der Waals surface area contributed by atoms with Crippen LogP contribution in [0.2, 0.25) is 0 Å². The van der Waals surface area contributed by atoms with E-state index >= 15 is 0 Å². The first-order valence-corrected chi connectivity index (χ1v) is 12.0. The Morgan fingerprint density at radius 2 is 1.97 bits per heavy atom. The summed E-state index contributed by atoms with van der Waals surface area (Å²) >= 11 is 1.65. The number of carbonyl (C=O) groups is 2. The van der Waals surface area contributed by atoms with Gasteiger partial charge in [-0.15, -0.1) is 11.3 Å². The number of nitrogens with one attached hydrogen (secondary N) is 2. The fourth-order valence-electron chi connectivity index (χ4n) is 3.31. The Hall–Kier alpha value is -3.43. The predicted molar refractivity (Wildman–Crippen MR) is 134 cm³/mol. The Kier molecular flexibility index (Phi) is 9.42. The summed E-state index contributed by atoms with van der Waals surface area (Å²) in [6, 6.07) is 12.8. The number of hydrogen-bond donors (Lipinski definition) is 3. The van der Waals surface area contributed by atoms with Crippen LogP contribution in [0.25, 0.3) is 10.1 Å². The molecule has 8 nitrogen and oxygen atoms in total. The summed E-state index contributed by atoms with van der Waals surface area (Å²) in [5.74, 6) is -0.0719. The maximum atomic E-state index is 12.5. The lowest BCUT2D eigenvalue weighted by atomic mass is 10.0. The fourth-order valence-corrected chi connectivity index (χ4v) is 4.28. The number of aliphatic hydroxyl groups is 1. The number of ether oxygens (including phenoxy) is 2. The largest absolute Gasteiger partial charge is 0.493 e. The van der Waals surface area contributed by atoms with Gasteiger partial charge in [-0.25, -0.2) is 5.43 Å². The molecule has 34 heavy (non-hydrogen) atoms. The van der Waals surface area contributed by atoms with Gasteiger partial charge in [-0.1, -0.05) is 31.5 Å². The zero-order valence-corrected chi connectivity index (χ0v) is 20.1. The number of fused-ring (bicyclic) bond motifs is 1. The van der Waals surface area contributed by atoms with Gasteiger partial charge in [-0.2, -0.15) is 5.10 Å². The molecule has 0 bridgehead atoms. The second kappa shape index (κ2) is 12.7. The lowest BCUT2D eigenvalue weighted by Gasteiger charge is -2.11. The molecular weight excluding hydrogens is 454 g/mol. The van der Waals surface area contributed by atoms with Crippen molar-refractivity contribution in [2.24, 2.45) is 5.10 Å². The molecule has 1 heterocycles. The lowest BCUT2D eigenvalue weighted by Crippen LogP contribution is -2.35. The van der Waals surface area contributed by atoms with Gasteiger partial charge in [-0.3, -0.25) is 9.59 Å². The predicted octanol–water partition coefficient (Wildman–Crippen LogP) is 3.72. The lowest BCUT2D eigenvalue weighted by molar-refractivity contribution is -0.120. The second-order valence-electron chi connectivity index (χ2n) is 7.46. The maximum Gasteiger partial charge on any atom is 0.259 e. The second-order valence-corrected chi connectivity index (χ2v) is 8.37. The average Bonchev–Trinajstić information content (AvgIpc) is 3.30. The van der Waals surface area contributed by atoms with Crippen molar-refractivity contribution in [1.29, 1.82) is 0 Å². The highest BCUT2D eigenvalue weighted by atomic mass is 32.1. The molecule has 3 N–H and O–H groups in total. The van der Waals surface area contributed by atoms with Crippen molar-refractivity contribution in [2.75, 3.05) is 26.9 Å². The molecule has 0 saturated heterocycles. The quantitative estimate of drug-likeness (QED) is 0.269. The summed E-state index contributed by atoms with van der Waals surface area (Å²) in [6.07, 6.45) is 2.71. The highest BCUT2D eigenvalue weighted by molar-refractivity contribution is 7.17. The van der Waals surface area contributed by atoms with Gasteiger partial charge >= 0.3 is 0 Å². The number of rotatable bonds is 12. The standard InChI is InChI=1S/C25H29N3O5S/c1-3-4-8-20(19-16-34-23-9-6-5-7-18(19)23)27-28-24(30)15-26-25(31)17-10-11-21(33-13-12-29)22(14-17)32-2/h5-7,9-11,14,16,29H,3-4,8,12-13,15H2,1-2H3,(H,26,31)(H,28,30). The molecule has 9 heteroatoms. The molecule has 2 aromatic carbocycles. The number of carbonyl (C=O) groups excluding carboxylic acids is 2. The third kappa shape index (κ3) is 6.55. The summed E-state index contributed by atoms with van der Waals surface area (Å²) in [7, 11) is 1.46. The van der Waals surface area contributed by atoms with E-state index in [1.54, 1.807) is 23.5 Å². The molecule has 0 aliphatic heterocycles. The Morgan fingerprint density at radius 3 is 2.74 bits per heavy atom. The van der Waals surface area contributed by atoms with Crippen molar-refractivity contribution >= 4 is 38.9 Å². The van der Waals surface area contributed by atoms with Crippen LogP contribution in [0.3, 0.4) is 0 Å². The van der Waals surface area contributed by atoms with Crippen molar-refractivity contribution in [2.45, 2.75) is 26.2 Å². The van der Waals surface area contributed by atoms with Crippen LogP contribution in [0.4, 0.5) is 0 Å². The van der Waals surface area contributed by atoms with Crippen molar-refractivity contribution in [3.05, 3.63) is 59.0 Å². The Labute approximate surface area is 202 Å². The van der Waals surface area contributed by atoms with Crippen LogP contribution < -0.4 is 20.2 Å². The molecular formula is C25H29N3O5S. The van der Waals surface area contributed by atoms with Crippen LogP contribution in [-0.4, -0.2) is 49.5 Å². The minimum atomic E-state index is -0.429. The highest BCUT2D eigenvalue weighted by Gasteiger charge is 2.14. The number of thiophene rings is 1. The van der Waals surface area contributed by atoms with Gasteiger partial charge in [0.2, 0.25) is 0 Å². The van der Waals surface area contributed by atoms with Gasteiger partial charge in [0.15, 0.2) is 11.5 Å². The van der Waals surface area contributed by atoms with E-state index in [0.29, 0.717) is 17.1 Å². The van der Waals surface area contributed by atoms with E-state index in [2.05, 4.69) is 40.3 Å². The van der Waals surface area contributed by atoms with Crippen molar-refractivity contribution in [1.82, 2.24) is 10.7 Å². The highest BCUT2D eigenvalue weighted by Crippen LogP contribution is 2.28. The number of nitrogens with zero attached hydrogens (tertiary/aromatic N) is 1. The molecule has 0 radical (unpaired) electrons. The van der Waals surface area contributed by atoms with Crippen LogP contribution in [0.5, 0.6) is 11.5 Å². The number of benzene rings is 2. The summed E-state index contributed by atoms with van der Waals surface area (Å²) in [4.78, 5) is 24.9. The van der Waals surface area contributed by atoms with E-state index in [1.165, 1.54) is 17.9 Å². The Bertz CT molecular complexity index is 1160. The molecule has 0 unspecified atom stereocenters. The van der Waals surface area contributed by atoms with Gasteiger partial charge in [0.25, 0.3) is 11.8 Å². The molecule has 3 rings (SSSR count). The van der Waals surface area contributed by atoms with Crippen LogP contribution in [0.15, 0.2) is 52.9 Å². The SMILES string of the molecule is CCCCC(=NNC(=O)CNC(=O)c1ccc(OCCO)c(OC)c1)c1csc2ccccc12. The molecule has 0 spiro atoms. The molecule has 3 aromatic rings. The van der Waals surface area contributed by atoms with Crippen LogP contribution in [-0.2, 0) is 4.79 Å². The molecule has 180 valence electrons. The first kappa shape index (κ1) is 25.2. The van der Waals surface area contributed by atoms with Crippen molar-refractivity contribution in [3.63, 3.8) is 0 Å². The van der Waals surface area contributed by atoms with E-state index < -0.39 is 11.8 Å². The van der Waals surface area contributed by atoms with Gasteiger partial charge in [0, 0.05) is 26.6 Å². The maximum absolute atomic E-state index is 12.5. The zero-order valence-electron chi connectivity index (χ0n) is 19.3. The first-order valence-electron chi connectivity index (χ1n) is 11.1. The topological polar surface area (TPSA) is 109 Å². The zero-order chi connectivity index (χ0) is 24.3. The van der Waals surface area contributed by atoms with Crippen LogP contribution >= 0.6 is 11.3 Å². The van der Waals surface area contributed by atoms with Crippen molar-refractivity contribution in [3.8, 4) is 11.5 Å². The molecule has 0 fully saturated rings. The Morgan fingerprint density at radius 1 is 1.15 bits per heavy atom. The number of aliphatic hydroxyl groups excluding tert-OH is 1. The number of methoxy groups -OCH3 is 1.